The molecule has 0 bridgehead atoms. The Kier molecular flexibility index (Phi) is 3.63. The molecule has 0 aliphatic carbocycles. The van der Waals surface area contributed by atoms with E-state index in [-0.39, 0.29) is 5.69 Å². The highest BCUT2D eigenvalue weighted by Gasteiger charge is 2.26. The van der Waals surface area contributed by atoms with Gasteiger partial charge in [-0.2, -0.15) is 9.38 Å². The number of hydrogen-bond acceptors (Lipinski definition) is 6. The first kappa shape index (κ1) is 12.5. The van der Waals surface area contributed by atoms with Gasteiger partial charge in [0.1, 0.15) is 5.56 Å². The maximum absolute atomic E-state index is 13.6. The molecular formula is C9H5FN2O5. The maximum atomic E-state index is 13.6. The number of isocyanates is 1. The number of carbonyl (C=O) groups excluding carboxylic acids is 2. The molecule has 1 aromatic rings. The van der Waals surface area contributed by atoms with Gasteiger partial charge < -0.3 is 4.74 Å². The van der Waals surface area contributed by atoms with E-state index in [2.05, 4.69) is 9.73 Å². The average molecular weight is 240 g/mol. The first-order valence-electron chi connectivity index (χ1n) is 4.16. The van der Waals surface area contributed by atoms with Gasteiger partial charge in [0, 0.05) is 6.07 Å². The SMILES string of the molecule is COC(=O)c1c(N=C=O)ccc([N+](=O)[O-])c1F. The van der Waals surface area contributed by atoms with Crippen molar-refractivity contribution < 1.29 is 23.6 Å². The van der Waals surface area contributed by atoms with Crippen LogP contribution < -0.4 is 0 Å². The van der Waals surface area contributed by atoms with Crippen molar-refractivity contribution in [1.82, 2.24) is 0 Å². The summed E-state index contributed by atoms with van der Waals surface area (Å²) in [7, 11) is 0.967. The monoisotopic (exact) mass is 240 g/mol. The van der Waals surface area contributed by atoms with Crippen molar-refractivity contribution in [2.45, 2.75) is 0 Å². The van der Waals surface area contributed by atoms with E-state index in [1.807, 2.05) is 0 Å². The van der Waals surface area contributed by atoms with E-state index in [9.17, 15) is 24.1 Å². The molecule has 1 rings (SSSR count). The first-order chi connectivity index (χ1) is 8.02. The molecule has 0 spiro atoms. The van der Waals surface area contributed by atoms with E-state index in [0.717, 1.165) is 25.3 Å². The largest absolute Gasteiger partial charge is 0.465 e. The predicted molar refractivity (Wildman–Crippen MR) is 52.2 cm³/mol. The minimum Gasteiger partial charge on any atom is -0.465 e. The zero-order chi connectivity index (χ0) is 13.0. The van der Waals surface area contributed by atoms with Crippen molar-refractivity contribution in [3.05, 3.63) is 33.6 Å². The Labute approximate surface area is 93.7 Å². The van der Waals surface area contributed by atoms with E-state index >= 15 is 0 Å². The van der Waals surface area contributed by atoms with Gasteiger partial charge in [-0.25, -0.2) is 9.59 Å². The number of methoxy groups -OCH3 is 1. The molecule has 0 unspecified atom stereocenters. The molecule has 0 aromatic heterocycles. The van der Waals surface area contributed by atoms with Gasteiger partial charge in [0.15, 0.2) is 0 Å². The Balaban J connectivity index is 3.58. The summed E-state index contributed by atoms with van der Waals surface area (Å²) >= 11 is 0. The number of benzene rings is 1. The highest BCUT2D eigenvalue weighted by atomic mass is 19.1. The molecule has 0 fully saturated rings. The molecule has 0 saturated carbocycles. The summed E-state index contributed by atoms with van der Waals surface area (Å²) in [6.07, 6.45) is 1.11. The summed E-state index contributed by atoms with van der Waals surface area (Å²) < 4.78 is 17.9. The van der Waals surface area contributed by atoms with Gasteiger partial charge in [0.05, 0.1) is 17.7 Å². The zero-order valence-electron chi connectivity index (χ0n) is 8.47. The number of nitrogens with zero attached hydrogens (tertiary/aromatic N) is 2. The van der Waals surface area contributed by atoms with Crippen LogP contribution in [-0.2, 0) is 9.53 Å². The number of nitro benzene ring substituents is 1. The Bertz CT molecular complexity index is 536. The topological polar surface area (TPSA) is 98.9 Å². The Hall–Kier alpha value is -2.60. The minimum absolute atomic E-state index is 0.380. The van der Waals surface area contributed by atoms with Gasteiger partial charge in [-0.15, -0.1) is 0 Å². The smallest absolute Gasteiger partial charge is 0.343 e. The van der Waals surface area contributed by atoms with Crippen LogP contribution in [0.3, 0.4) is 0 Å². The summed E-state index contributed by atoms with van der Waals surface area (Å²) in [6, 6.07) is 1.75. The van der Waals surface area contributed by atoms with Gasteiger partial charge in [-0.1, -0.05) is 0 Å². The number of ether oxygens (including phenoxy) is 1. The van der Waals surface area contributed by atoms with Crippen LogP contribution in [0, 0.1) is 15.9 Å². The molecule has 8 heteroatoms. The molecule has 17 heavy (non-hydrogen) atoms. The molecule has 1 aromatic carbocycles. The minimum atomic E-state index is -1.40. The van der Waals surface area contributed by atoms with Crippen LogP contribution >= 0.6 is 0 Å². The van der Waals surface area contributed by atoms with Gasteiger partial charge in [-0.3, -0.25) is 10.1 Å². The molecule has 0 saturated heterocycles. The normalized spacial score (nSPS) is 9.29. The van der Waals surface area contributed by atoms with Gasteiger partial charge >= 0.3 is 11.7 Å². The fourth-order valence-electron chi connectivity index (χ4n) is 1.13. The molecule has 0 aliphatic heterocycles. The van der Waals surface area contributed by atoms with E-state index < -0.39 is 28.0 Å². The number of halogens is 1. The highest BCUT2D eigenvalue weighted by Crippen LogP contribution is 2.29. The number of nitro groups is 1. The summed E-state index contributed by atoms with van der Waals surface area (Å²) in [5, 5.41) is 10.5. The van der Waals surface area contributed by atoms with Crippen LogP contribution in [-0.4, -0.2) is 24.1 Å². The molecule has 7 nitrogen and oxygen atoms in total. The van der Waals surface area contributed by atoms with Crippen LogP contribution in [0.25, 0.3) is 0 Å². The van der Waals surface area contributed by atoms with Crippen LogP contribution in [0.4, 0.5) is 15.8 Å². The number of aliphatic imine (C=N–C) groups is 1. The molecule has 88 valence electrons. The lowest BCUT2D eigenvalue weighted by Crippen LogP contribution is -2.07. The summed E-state index contributed by atoms with van der Waals surface area (Å²) in [4.78, 5) is 33.8. The van der Waals surface area contributed by atoms with E-state index in [1.54, 1.807) is 0 Å². The number of hydrogen-bond donors (Lipinski definition) is 0. The van der Waals surface area contributed by atoms with Gasteiger partial charge in [0.25, 0.3) is 0 Å². The second kappa shape index (κ2) is 4.95. The summed E-state index contributed by atoms with van der Waals surface area (Å²) in [5.74, 6) is -2.57. The lowest BCUT2D eigenvalue weighted by molar-refractivity contribution is -0.387. The van der Waals surface area contributed by atoms with Crippen LogP contribution in [0.2, 0.25) is 0 Å². The molecule has 0 aliphatic rings. The Morgan fingerprint density at radius 2 is 2.24 bits per heavy atom. The van der Waals surface area contributed by atoms with Crippen molar-refractivity contribution >= 4 is 23.4 Å². The predicted octanol–water partition coefficient (Wildman–Crippen LogP) is 1.49. The number of rotatable bonds is 3. The van der Waals surface area contributed by atoms with Crippen molar-refractivity contribution in [1.29, 1.82) is 0 Å². The average Bonchev–Trinajstić information content (AvgIpc) is 2.28. The quantitative estimate of drug-likeness (QED) is 0.262. The molecule has 0 N–H and O–H groups in total. The summed E-state index contributed by atoms with van der Waals surface area (Å²) in [6.45, 7) is 0. The number of esters is 1. The van der Waals surface area contributed by atoms with Crippen molar-refractivity contribution in [2.24, 2.45) is 4.99 Å². The zero-order valence-corrected chi connectivity index (χ0v) is 8.47. The lowest BCUT2D eigenvalue weighted by atomic mass is 10.1. The van der Waals surface area contributed by atoms with E-state index in [0.29, 0.717) is 0 Å². The van der Waals surface area contributed by atoms with Crippen LogP contribution in [0.15, 0.2) is 17.1 Å². The van der Waals surface area contributed by atoms with Crippen LogP contribution in [0.5, 0.6) is 0 Å². The van der Waals surface area contributed by atoms with E-state index in [4.69, 9.17) is 0 Å². The third kappa shape index (κ3) is 2.32. The van der Waals surface area contributed by atoms with Crippen molar-refractivity contribution in [3.63, 3.8) is 0 Å². The number of carbonyl (C=O) groups is 1. The molecule has 0 radical (unpaired) electrons. The third-order valence-corrected chi connectivity index (χ3v) is 1.85. The fourth-order valence-corrected chi connectivity index (χ4v) is 1.13. The van der Waals surface area contributed by atoms with Crippen molar-refractivity contribution in [3.8, 4) is 0 Å². The van der Waals surface area contributed by atoms with Gasteiger partial charge in [0.2, 0.25) is 11.9 Å². The first-order valence-corrected chi connectivity index (χ1v) is 4.16. The fraction of sp³-hybridized carbons (Fsp3) is 0.111. The van der Waals surface area contributed by atoms with E-state index in [1.165, 1.54) is 0 Å². The maximum Gasteiger partial charge on any atom is 0.343 e. The second-order valence-electron chi connectivity index (χ2n) is 2.74. The summed E-state index contributed by atoms with van der Waals surface area (Å²) in [5.41, 5.74) is -2.06. The molecular weight excluding hydrogens is 235 g/mol. The molecule has 0 amide bonds. The standard InChI is InChI=1S/C9H5FN2O5/c1-17-9(14)7-5(11-4-13)2-3-6(8(7)10)12(15)16/h2-3H,1H3. The Morgan fingerprint density at radius 3 is 2.71 bits per heavy atom. The van der Waals surface area contributed by atoms with Gasteiger partial charge in [-0.05, 0) is 6.07 Å². The highest BCUT2D eigenvalue weighted by molar-refractivity contribution is 5.96. The van der Waals surface area contributed by atoms with Crippen molar-refractivity contribution in [2.75, 3.05) is 7.11 Å². The third-order valence-electron chi connectivity index (χ3n) is 1.85. The second-order valence-corrected chi connectivity index (χ2v) is 2.74. The molecule has 0 heterocycles. The van der Waals surface area contributed by atoms with Crippen LogP contribution in [0.1, 0.15) is 10.4 Å². The Morgan fingerprint density at radius 1 is 1.59 bits per heavy atom. The lowest BCUT2D eigenvalue weighted by Gasteiger charge is -2.04. The molecule has 0 atom stereocenters.